The number of hydrogen-bond donors (Lipinski definition) is 1. The fourth-order valence-electron chi connectivity index (χ4n) is 1.39. The van der Waals surface area contributed by atoms with Gasteiger partial charge in [-0.25, -0.2) is 4.39 Å². The molecule has 1 aromatic heterocycles. The number of halogens is 2. The van der Waals surface area contributed by atoms with Gasteiger partial charge in [-0.15, -0.1) is 0 Å². The van der Waals surface area contributed by atoms with Crippen LogP contribution in [0.3, 0.4) is 0 Å². The van der Waals surface area contributed by atoms with Crippen LogP contribution in [-0.4, -0.2) is 16.2 Å². The van der Waals surface area contributed by atoms with Gasteiger partial charge in [-0.2, -0.15) is 4.98 Å². The second-order valence-electron chi connectivity index (χ2n) is 4.18. The van der Waals surface area contributed by atoms with Crippen LogP contribution in [0.1, 0.15) is 19.7 Å². The van der Waals surface area contributed by atoms with Crippen LogP contribution >= 0.6 is 22.6 Å². The summed E-state index contributed by atoms with van der Waals surface area (Å²) in [7, 11) is 0. The Bertz CT molecular complexity index is 542. The van der Waals surface area contributed by atoms with Gasteiger partial charge in [-0.1, -0.05) is 19.0 Å². The van der Waals surface area contributed by atoms with Gasteiger partial charge in [0.1, 0.15) is 5.82 Å². The summed E-state index contributed by atoms with van der Waals surface area (Å²) in [5, 5.41) is 7.09. The molecule has 0 unspecified atom stereocenters. The molecule has 2 rings (SSSR count). The van der Waals surface area contributed by atoms with Crippen LogP contribution in [0.4, 0.5) is 4.39 Å². The maximum Gasteiger partial charge on any atom is 0.259 e. The molecule has 0 aliphatic carbocycles. The lowest BCUT2D eigenvalue weighted by Gasteiger charge is -2.03. The Morgan fingerprint density at radius 1 is 1.44 bits per heavy atom. The maximum atomic E-state index is 13.0. The summed E-state index contributed by atoms with van der Waals surface area (Å²) in [5.74, 6) is 0.739. The average Bonchev–Trinajstić information content (AvgIpc) is 2.75. The van der Waals surface area contributed by atoms with Crippen molar-refractivity contribution >= 4 is 22.6 Å². The quantitative estimate of drug-likeness (QED) is 0.851. The van der Waals surface area contributed by atoms with Gasteiger partial charge in [0.2, 0.25) is 0 Å². The molecule has 0 spiro atoms. The molecule has 1 N–H and O–H groups in total. The Kier molecular flexibility index (Phi) is 4.28. The summed E-state index contributed by atoms with van der Waals surface area (Å²) >= 11 is 2.05. The fourth-order valence-corrected chi connectivity index (χ4v) is 2.10. The number of hydrogen-bond acceptors (Lipinski definition) is 4. The van der Waals surface area contributed by atoms with E-state index in [9.17, 15) is 4.39 Å². The largest absolute Gasteiger partial charge is 0.334 e. The molecule has 0 saturated heterocycles. The molecule has 6 heteroatoms. The predicted molar refractivity (Wildman–Crippen MR) is 74.4 cm³/mol. The number of nitrogens with one attached hydrogen (secondary N) is 1. The van der Waals surface area contributed by atoms with Crippen LogP contribution in [0.5, 0.6) is 0 Å². The van der Waals surface area contributed by atoms with Crippen LogP contribution in [-0.2, 0) is 6.54 Å². The molecule has 0 bridgehead atoms. The van der Waals surface area contributed by atoms with E-state index in [1.165, 1.54) is 12.1 Å². The minimum absolute atomic E-state index is 0.274. The lowest BCUT2D eigenvalue weighted by Crippen LogP contribution is -2.22. The summed E-state index contributed by atoms with van der Waals surface area (Å²) in [5.41, 5.74) is 0.750. The first kappa shape index (κ1) is 13.4. The summed E-state index contributed by atoms with van der Waals surface area (Å²) < 4.78 is 18.9. The van der Waals surface area contributed by atoms with Crippen molar-refractivity contribution in [3.63, 3.8) is 0 Å². The predicted octanol–water partition coefficient (Wildman–Crippen LogP) is 2.98. The van der Waals surface area contributed by atoms with Crippen molar-refractivity contribution in [1.82, 2.24) is 15.5 Å². The monoisotopic (exact) mass is 361 g/mol. The van der Waals surface area contributed by atoms with Crippen molar-refractivity contribution in [3.05, 3.63) is 33.4 Å². The van der Waals surface area contributed by atoms with E-state index in [1.54, 1.807) is 6.07 Å². The highest BCUT2D eigenvalue weighted by molar-refractivity contribution is 14.1. The zero-order chi connectivity index (χ0) is 13.1. The van der Waals surface area contributed by atoms with Gasteiger partial charge in [-0.3, -0.25) is 0 Å². The van der Waals surface area contributed by atoms with Crippen molar-refractivity contribution in [2.24, 2.45) is 0 Å². The molecule has 1 aromatic carbocycles. The molecule has 0 fully saturated rings. The van der Waals surface area contributed by atoms with E-state index in [1.807, 2.05) is 36.4 Å². The lowest BCUT2D eigenvalue weighted by molar-refractivity contribution is 0.417. The van der Waals surface area contributed by atoms with Gasteiger partial charge in [0.25, 0.3) is 5.89 Å². The van der Waals surface area contributed by atoms with Crippen molar-refractivity contribution < 1.29 is 8.91 Å². The van der Waals surface area contributed by atoms with Crippen LogP contribution in [0.2, 0.25) is 0 Å². The fraction of sp³-hybridized carbons (Fsp3) is 0.333. The Balaban J connectivity index is 2.18. The molecule has 0 atom stereocenters. The van der Waals surface area contributed by atoms with E-state index < -0.39 is 0 Å². The average molecular weight is 361 g/mol. The van der Waals surface area contributed by atoms with Crippen LogP contribution in [0, 0.1) is 9.39 Å². The Morgan fingerprint density at radius 2 is 2.22 bits per heavy atom. The van der Waals surface area contributed by atoms with Crippen molar-refractivity contribution in [3.8, 4) is 11.5 Å². The molecule has 18 heavy (non-hydrogen) atoms. The molecule has 0 aliphatic heterocycles. The van der Waals surface area contributed by atoms with E-state index >= 15 is 0 Å². The van der Waals surface area contributed by atoms with Crippen LogP contribution in [0.15, 0.2) is 22.7 Å². The third-order valence-electron chi connectivity index (χ3n) is 2.30. The molecule has 2 aromatic rings. The van der Waals surface area contributed by atoms with E-state index in [0.29, 0.717) is 24.3 Å². The topological polar surface area (TPSA) is 51.0 Å². The SMILES string of the molecule is CC(C)NCc1noc(-c2ccc(F)cc2I)n1. The second kappa shape index (κ2) is 5.75. The van der Waals surface area contributed by atoms with E-state index in [-0.39, 0.29) is 5.82 Å². The Labute approximate surface area is 118 Å². The van der Waals surface area contributed by atoms with Crippen molar-refractivity contribution in [1.29, 1.82) is 0 Å². The van der Waals surface area contributed by atoms with Gasteiger partial charge >= 0.3 is 0 Å². The Hall–Kier alpha value is -1.02. The first-order chi connectivity index (χ1) is 8.56. The number of aromatic nitrogens is 2. The zero-order valence-corrected chi connectivity index (χ0v) is 12.2. The highest BCUT2D eigenvalue weighted by atomic mass is 127. The van der Waals surface area contributed by atoms with Crippen LogP contribution in [0.25, 0.3) is 11.5 Å². The Morgan fingerprint density at radius 3 is 2.89 bits per heavy atom. The highest BCUT2D eigenvalue weighted by Gasteiger charge is 2.12. The minimum Gasteiger partial charge on any atom is -0.334 e. The summed E-state index contributed by atoms with van der Waals surface area (Å²) in [4.78, 5) is 4.28. The molecule has 0 radical (unpaired) electrons. The van der Waals surface area contributed by atoms with E-state index in [0.717, 1.165) is 9.13 Å². The van der Waals surface area contributed by atoms with E-state index in [4.69, 9.17) is 4.52 Å². The molecule has 96 valence electrons. The molecule has 0 saturated carbocycles. The molecular formula is C12H13FIN3O. The minimum atomic E-state index is -0.274. The third-order valence-corrected chi connectivity index (χ3v) is 3.19. The van der Waals surface area contributed by atoms with Crippen molar-refractivity contribution in [2.75, 3.05) is 0 Å². The van der Waals surface area contributed by atoms with Crippen LogP contribution < -0.4 is 5.32 Å². The zero-order valence-electron chi connectivity index (χ0n) is 10.1. The van der Waals surface area contributed by atoms with Gasteiger partial charge in [-0.05, 0) is 40.8 Å². The molecule has 4 nitrogen and oxygen atoms in total. The first-order valence-electron chi connectivity index (χ1n) is 5.57. The van der Waals surface area contributed by atoms with Gasteiger partial charge in [0.15, 0.2) is 5.82 Å². The molecule has 1 heterocycles. The normalized spacial score (nSPS) is 11.2. The maximum absolute atomic E-state index is 13.0. The number of rotatable bonds is 4. The van der Waals surface area contributed by atoms with Crippen molar-refractivity contribution in [2.45, 2.75) is 26.4 Å². The molecular weight excluding hydrogens is 348 g/mol. The first-order valence-corrected chi connectivity index (χ1v) is 6.65. The summed E-state index contributed by atoms with van der Waals surface area (Å²) in [6.07, 6.45) is 0. The second-order valence-corrected chi connectivity index (χ2v) is 5.34. The van der Waals surface area contributed by atoms with Gasteiger partial charge in [0.05, 0.1) is 12.1 Å². The summed E-state index contributed by atoms with van der Waals surface area (Å²) in [6.45, 7) is 4.65. The smallest absolute Gasteiger partial charge is 0.259 e. The lowest BCUT2D eigenvalue weighted by atomic mass is 10.2. The van der Waals surface area contributed by atoms with E-state index in [2.05, 4.69) is 15.5 Å². The van der Waals surface area contributed by atoms with Gasteiger partial charge in [0, 0.05) is 9.61 Å². The summed E-state index contributed by atoms with van der Waals surface area (Å²) in [6, 6.07) is 4.82. The molecule has 0 amide bonds. The molecule has 0 aliphatic rings. The third kappa shape index (κ3) is 3.26. The number of benzene rings is 1. The number of nitrogens with zero attached hydrogens (tertiary/aromatic N) is 2. The standard InChI is InChI=1S/C12H13FIN3O/c1-7(2)15-6-11-16-12(18-17-11)9-4-3-8(13)5-10(9)14/h3-5,7,15H,6H2,1-2H3. The highest BCUT2D eigenvalue weighted by Crippen LogP contribution is 2.24. The van der Waals surface area contributed by atoms with Gasteiger partial charge < -0.3 is 9.84 Å².